The zero-order valence-electron chi connectivity index (χ0n) is 16.8. The van der Waals surface area contributed by atoms with E-state index in [-0.39, 0.29) is 0 Å². The van der Waals surface area contributed by atoms with Crippen molar-refractivity contribution in [2.75, 3.05) is 25.0 Å². The van der Waals surface area contributed by atoms with Crippen molar-refractivity contribution in [1.82, 2.24) is 15.1 Å². The third-order valence-electron chi connectivity index (χ3n) is 5.65. The monoisotopic (exact) mass is 380 g/mol. The number of aromatic nitrogens is 2. The molecule has 0 amide bonds. The van der Waals surface area contributed by atoms with E-state index < -0.39 is 0 Å². The second kappa shape index (κ2) is 7.30. The van der Waals surface area contributed by atoms with Crippen LogP contribution >= 0.6 is 0 Å². The first-order valence-corrected chi connectivity index (χ1v) is 10.1. The van der Waals surface area contributed by atoms with Gasteiger partial charge in [0.1, 0.15) is 0 Å². The maximum absolute atomic E-state index is 4.37. The molecule has 1 aliphatic rings. The molecule has 0 saturated heterocycles. The van der Waals surface area contributed by atoms with Gasteiger partial charge in [-0.1, -0.05) is 36.4 Å². The molecule has 4 aromatic rings. The number of anilines is 2. The van der Waals surface area contributed by atoms with E-state index in [4.69, 9.17) is 0 Å². The molecule has 0 N–H and O–H groups in total. The van der Waals surface area contributed by atoms with Crippen LogP contribution in [0.3, 0.4) is 0 Å². The number of fused-ring (bicyclic) bond motifs is 2. The molecule has 0 bridgehead atoms. The van der Waals surface area contributed by atoms with Crippen LogP contribution in [0.2, 0.25) is 0 Å². The summed E-state index contributed by atoms with van der Waals surface area (Å²) in [6.07, 6.45) is 0. The SMILES string of the molecule is Cc1ccc(-c2ccc3c(c2)CN(C)CCN3c2ccc3ccccc3c2)nn1. The summed E-state index contributed by atoms with van der Waals surface area (Å²) in [6.45, 7) is 4.86. The summed E-state index contributed by atoms with van der Waals surface area (Å²) in [6, 6.07) is 26.0. The number of likely N-dealkylation sites (N-methyl/N-ethyl adjacent to an activating group) is 1. The van der Waals surface area contributed by atoms with Gasteiger partial charge < -0.3 is 9.80 Å². The van der Waals surface area contributed by atoms with Crippen LogP contribution in [0.4, 0.5) is 11.4 Å². The molecular weight excluding hydrogens is 356 g/mol. The summed E-state index contributed by atoms with van der Waals surface area (Å²) in [7, 11) is 2.19. The second-order valence-electron chi connectivity index (χ2n) is 7.82. The van der Waals surface area contributed by atoms with E-state index in [1.807, 2.05) is 19.1 Å². The molecule has 0 saturated carbocycles. The van der Waals surface area contributed by atoms with Crippen molar-refractivity contribution in [2.45, 2.75) is 13.5 Å². The number of benzene rings is 3. The second-order valence-corrected chi connectivity index (χ2v) is 7.82. The van der Waals surface area contributed by atoms with E-state index in [1.165, 1.54) is 27.7 Å². The lowest BCUT2D eigenvalue weighted by Crippen LogP contribution is -2.26. The highest BCUT2D eigenvalue weighted by Crippen LogP contribution is 2.35. The predicted molar refractivity (Wildman–Crippen MR) is 119 cm³/mol. The van der Waals surface area contributed by atoms with Gasteiger partial charge >= 0.3 is 0 Å². The zero-order chi connectivity index (χ0) is 19.8. The third kappa shape index (κ3) is 3.47. The Morgan fingerprint density at radius 2 is 1.66 bits per heavy atom. The first kappa shape index (κ1) is 17.8. The number of aryl methyl sites for hydroxylation is 1. The maximum Gasteiger partial charge on any atom is 0.0929 e. The summed E-state index contributed by atoms with van der Waals surface area (Å²) >= 11 is 0. The molecular formula is C25H24N4. The number of hydrogen-bond donors (Lipinski definition) is 0. The Morgan fingerprint density at radius 3 is 2.48 bits per heavy atom. The molecule has 5 rings (SSSR count). The Balaban J connectivity index is 1.59. The molecule has 0 radical (unpaired) electrons. The van der Waals surface area contributed by atoms with Gasteiger partial charge in [-0.15, -0.1) is 0 Å². The average molecular weight is 380 g/mol. The Labute approximate surface area is 171 Å². The Hall–Kier alpha value is -3.24. The van der Waals surface area contributed by atoms with E-state index >= 15 is 0 Å². The smallest absolute Gasteiger partial charge is 0.0929 e. The number of rotatable bonds is 2. The fourth-order valence-electron chi connectivity index (χ4n) is 4.06. The van der Waals surface area contributed by atoms with E-state index in [0.717, 1.165) is 36.6 Å². The molecule has 1 aliphatic heterocycles. The van der Waals surface area contributed by atoms with Gasteiger partial charge in [-0.05, 0) is 66.7 Å². The van der Waals surface area contributed by atoms with Gasteiger partial charge in [0.2, 0.25) is 0 Å². The van der Waals surface area contributed by atoms with Gasteiger partial charge in [0.15, 0.2) is 0 Å². The Morgan fingerprint density at radius 1 is 0.793 bits per heavy atom. The van der Waals surface area contributed by atoms with Crippen LogP contribution in [0, 0.1) is 6.92 Å². The number of hydrogen-bond acceptors (Lipinski definition) is 4. The zero-order valence-corrected chi connectivity index (χ0v) is 16.8. The molecule has 29 heavy (non-hydrogen) atoms. The third-order valence-corrected chi connectivity index (χ3v) is 5.65. The fourth-order valence-corrected chi connectivity index (χ4v) is 4.06. The number of nitrogens with zero attached hydrogens (tertiary/aromatic N) is 4. The maximum atomic E-state index is 4.37. The summed E-state index contributed by atoms with van der Waals surface area (Å²) in [5.74, 6) is 0. The average Bonchev–Trinajstić information content (AvgIpc) is 2.91. The van der Waals surface area contributed by atoms with Crippen molar-refractivity contribution in [3.8, 4) is 11.3 Å². The van der Waals surface area contributed by atoms with Crippen molar-refractivity contribution >= 4 is 22.1 Å². The first-order valence-electron chi connectivity index (χ1n) is 10.1. The van der Waals surface area contributed by atoms with Crippen LogP contribution in [-0.4, -0.2) is 35.2 Å². The van der Waals surface area contributed by atoms with Crippen LogP contribution in [-0.2, 0) is 6.54 Å². The molecule has 0 unspecified atom stereocenters. The Kier molecular flexibility index (Phi) is 4.49. The van der Waals surface area contributed by atoms with Gasteiger partial charge in [0, 0.05) is 36.6 Å². The van der Waals surface area contributed by atoms with Gasteiger partial charge in [-0.3, -0.25) is 0 Å². The Bertz CT molecular complexity index is 1170. The van der Waals surface area contributed by atoms with Crippen LogP contribution in [0.15, 0.2) is 72.8 Å². The molecule has 2 heterocycles. The first-order chi connectivity index (χ1) is 14.2. The minimum Gasteiger partial charge on any atom is -0.340 e. The summed E-state index contributed by atoms with van der Waals surface area (Å²) < 4.78 is 0. The quantitative estimate of drug-likeness (QED) is 0.479. The molecule has 1 aromatic heterocycles. The van der Waals surface area contributed by atoms with Gasteiger partial charge in [-0.25, -0.2) is 0 Å². The topological polar surface area (TPSA) is 32.3 Å². The molecule has 0 spiro atoms. The molecule has 3 aromatic carbocycles. The molecule has 0 aliphatic carbocycles. The summed E-state index contributed by atoms with van der Waals surface area (Å²) in [4.78, 5) is 4.82. The lowest BCUT2D eigenvalue weighted by molar-refractivity contribution is 0.343. The molecule has 0 fully saturated rings. The van der Waals surface area contributed by atoms with Crippen molar-refractivity contribution < 1.29 is 0 Å². The predicted octanol–water partition coefficient (Wildman–Crippen LogP) is 5.19. The van der Waals surface area contributed by atoms with E-state index in [9.17, 15) is 0 Å². The highest BCUT2D eigenvalue weighted by molar-refractivity contribution is 5.87. The van der Waals surface area contributed by atoms with Crippen molar-refractivity contribution in [1.29, 1.82) is 0 Å². The molecule has 4 nitrogen and oxygen atoms in total. The van der Waals surface area contributed by atoms with Crippen LogP contribution in [0.5, 0.6) is 0 Å². The van der Waals surface area contributed by atoms with Gasteiger partial charge in [0.25, 0.3) is 0 Å². The van der Waals surface area contributed by atoms with Crippen LogP contribution in [0.25, 0.3) is 22.0 Å². The minimum atomic E-state index is 0.919. The van der Waals surface area contributed by atoms with E-state index in [0.29, 0.717) is 0 Å². The molecule has 4 heteroatoms. The lowest BCUT2D eigenvalue weighted by atomic mass is 10.0. The van der Waals surface area contributed by atoms with Crippen molar-refractivity contribution in [2.24, 2.45) is 0 Å². The standard InChI is InChI=1S/C25H24N4/c1-18-7-11-24(27-26-18)21-9-12-25-22(15-21)17-28(2)13-14-29(25)23-10-8-19-5-3-4-6-20(19)16-23/h3-12,15-16H,13-14,17H2,1-2H3. The highest BCUT2D eigenvalue weighted by Gasteiger charge is 2.20. The summed E-state index contributed by atoms with van der Waals surface area (Å²) in [5, 5.41) is 11.1. The molecule has 0 atom stereocenters. The molecule has 144 valence electrons. The fraction of sp³-hybridized carbons (Fsp3) is 0.200. The minimum absolute atomic E-state index is 0.919. The van der Waals surface area contributed by atoms with Gasteiger partial charge in [-0.2, -0.15) is 10.2 Å². The van der Waals surface area contributed by atoms with Crippen molar-refractivity contribution in [3.63, 3.8) is 0 Å². The van der Waals surface area contributed by atoms with Crippen LogP contribution < -0.4 is 4.90 Å². The lowest BCUT2D eigenvalue weighted by Gasteiger charge is -2.25. The van der Waals surface area contributed by atoms with E-state index in [2.05, 4.69) is 87.7 Å². The van der Waals surface area contributed by atoms with Crippen molar-refractivity contribution in [3.05, 3.63) is 84.1 Å². The van der Waals surface area contributed by atoms with E-state index in [1.54, 1.807) is 0 Å². The van der Waals surface area contributed by atoms with Gasteiger partial charge in [0.05, 0.1) is 11.4 Å². The largest absolute Gasteiger partial charge is 0.340 e. The highest BCUT2D eigenvalue weighted by atomic mass is 15.2. The normalized spacial score (nSPS) is 14.6. The summed E-state index contributed by atoms with van der Waals surface area (Å²) in [5.41, 5.74) is 6.80. The van der Waals surface area contributed by atoms with Crippen LogP contribution in [0.1, 0.15) is 11.3 Å².